The Bertz CT molecular complexity index is 657. The average Bonchev–Trinajstić information content (AvgIpc) is 2.61. The van der Waals surface area contributed by atoms with Crippen LogP contribution in [0.25, 0.3) is 0 Å². The first kappa shape index (κ1) is 21.7. The number of nitrogens with one attached hydrogen (secondary N) is 1. The van der Waals surface area contributed by atoms with Crippen molar-refractivity contribution in [3.63, 3.8) is 0 Å². The van der Waals surface area contributed by atoms with Crippen LogP contribution in [0.2, 0.25) is 0 Å². The Kier molecular flexibility index (Phi) is 7.68. The molecule has 0 bridgehead atoms. The van der Waals surface area contributed by atoms with E-state index in [1.807, 2.05) is 29.2 Å². The fourth-order valence-corrected chi connectivity index (χ4v) is 4.48. The number of carbonyl (C=O) groups excluding carboxylic acids is 2. The number of likely N-dealkylation sites (tertiary alicyclic amines) is 1. The number of amides is 2. The summed E-state index contributed by atoms with van der Waals surface area (Å²) in [6.45, 7) is 5.94. The predicted octanol–water partition coefficient (Wildman–Crippen LogP) is 3.68. The highest BCUT2D eigenvalue weighted by atomic mass is 35.5. The van der Waals surface area contributed by atoms with E-state index in [-0.39, 0.29) is 36.2 Å². The number of nitrogens with two attached hydrogens (primary N) is 1. The second-order valence-electron chi connectivity index (χ2n) is 8.31. The molecule has 1 aliphatic heterocycles. The van der Waals surface area contributed by atoms with Gasteiger partial charge in [-0.25, -0.2) is 0 Å². The Morgan fingerprint density at radius 1 is 1.07 bits per heavy atom. The Hall–Kier alpha value is -1.59. The Labute approximate surface area is 168 Å². The molecule has 1 aromatic rings. The van der Waals surface area contributed by atoms with E-state index in [9.17, 15) is 9.59 Å². The molecule has 2 aliphatic rings. The Morgan fingerprint density at radius 3 is 2.41 bits per heavy atom. The van der Waals surface area contributed by atoms with Crippen molar-refractivity contribution in [1.29, 1.82) is 0 Å². The van der Waals surface area contributed by atoms with Gasteiger partial charge >= 0.3 is 0 Å². The normalized spacial score (nSPS) is 28.2. The number of benzene rings is 1. The SMILES string of the molecule is CC1CC(C)CN(C(=O)c2ccccc2NC(=O)C2CCCC(N)C2)C1.Cl. The van der Waals surface area contributed by atoms with E-state index in [0.717, 1.165) is 45.2 Å². The van der Waals surface area contributed by atoms with Crippen LogP contribution in [0, 0.1) is 17.8 Å². The van der Waals surface area contributed by atoms with Crippen LogP contribution < -0.4 is 11.1 Å². The standard InChI is InChI=1S/C21H31N3O2.ClH/c1-14-10-15(2)13-24(12-14)21(26)18-8-3-4-9-19(18)23-20(25)16-6-5-7-17(22)11-16;/h3-4,8-9,14-17H,5-7,10-13,22H2,1-2H3,(H,23,25);1H. The van der Waals surface area contributed by atoms with Crippen molar-refractivity contribution in [2.45, 2.75) is 52.0 Å². The molecule has 2 amide bonds. The van der Waals surface area contributed by atoms with Gasteiger partial charge in [-0.3, -0.25) is 9.59 Å². The quantitative estimate of drug-likeness (QED) is 0.822. The fourth-order valence-electron chi connectivity index (χ4n) is 4.48. The number of rotatable bonds is 3. The molecule has 0 radical (unpaired) electrons. The third-order valence-corrected chi connectivity index (χ3v) is 5.66. The van der Waals surface area contributed by atoms with Crippen LogP contribution in [-0.4, -0.2) is 35.8 Å². The molecule has 6 heteroatoms. The van der Waals surface area contributed by atoms with Gasteiger partial charge in [0.1, 0.15) is 0 Å². The van der Waals surface area contributed by atoms with Gasteiger partial charge in [-0.1, -0.05) is 32.4 Å². The number of nitrogens with zero attached hydrogens (tertiary/aromatic N) is 1. The Balaban J connectivity index is 0.00000261. The third-order valence-electron chi connectivity index (χ3n) is 5.66. The van der Waals surface area contributed by atoms with Crippen molar-refractivity contribution in [3.05, 3.63) is 29.8 Å². The molecule has 1 aromatic carbocycles. The molecule has 0 aromatic heterocycles. The molecule has 5 nitrogen and oxygen atoms in total. The number of piperidine rings is 1. The summed E-state index contributed by atoms with van der Waals surface area (Å²) in [4.78, 5) is 27.7. The topological polar surface area (TPSA) is 75.4 Å². The molecular formula is C21H32ClN3O2. The number of hydrogen-bond acceptors (Lipinski definition) is 3. The van der Waals surface area contributed by atoms with Crippen molar-refractivity contribution in [1.82, 2.24) is 4.90 Å². The van der Waals surface area contributed by atoms with Crippen molar-refractivity contribution < 1.29 is 9.59 Å². The van der Waals surface area contributed by atoms with Crippen molar-refractivity contribution in [3.8, 4) is 0 Å². The van der Waals surface area contributed by atoms with Gasteiger partial charge in [-0.2, -0.15) is 0 Å². The lowest BCUT2D eigenvalue weighted by molar-refractivity contribution is -0.120. The molecule has 4 unspecified atom stereocenters. The molecule has 150 valence electrons. The van der Waals surface area contributed by atoms with Gasteiger partial charge in [-0.05, 0) is 49.7 Å². The van der Waals surface area contributed by atoms with Gasteiger partial charge in [-0.15, -0.1) is 12.4 Å². The molecule has 4 atom stereocenters. The van der Waals surface area contributed by atoms with Crippen LogP contribution in [0.3, 0.4) is 0 Å². The second kappa shape index (κ2) is 9.56. The molecule has 1 saturated carbocycles. The van der Waals surface area contributed by atoms with E-state index in [4.69, 9.17) is 5.73 Å². The highest BCUT2D eigenvalue weighted by molar-refractivity contribution is 6.04. The van der Waals surface area contributed by atoms with Crippen molar-refractivity contribution in [2.24, 2.45) is 23.5 Å². The minimum Gasteiger partial charge on any atom is -0.338 e. The molecule has 0 spiro atoms. The molecule has 1 heterocycles. The summed E-state index contributed by atoms with van der Waals surface area (Å²) in [6.07, 6.45) is 4.73. The largest absolute Gasteiger partial charge is 0.338 e. The molecule has 3 rings (SSSR count). The van der Waals surface area contributed by atoms with E-state index in [1.165, 1.54) is 0 Å². The van der Waals surface area contributed by atoms with Crippen molar-refractivity contribution >= 4 is 29.9 Å². The minimum absolute atomic E-state index is 0. The lowest BCUT2D eigenvalue weighted by Crippen LogP contribution is -2.43. The van der Waals surface area contributed by atoms with Gasteiger partial charge < -0.3 is 16.0 Å². The zero-order chi connectivity index (χ0) is 18.7. The minimum atomic E-state index is -0.0584. The van der Waals surface area contributed by atoms with Gasteiger partial charge in [0, 0.05) is 25.0 Å². The lowest BCUT2D eigenvalue weighted by Gasteiger charge is -2.35. The maximum absolute atomic E-state index is 13.1. The zero-order valence-corrected chi connectivity index (χ0v) is 17.1. The summed E-state index contributed by atoms with van der Waals surface area (Å²) >= 11 is 0. The van der Waals surface area contributed by atoms with Crippen molar-refractivity contribution in [2.75, 3.05) is 18.4 Å². The van der Waals surface area contributed by atoms with E-state index in [1.54, 1.807) is 0 Å². The first-order valence-corrected chi connectivity index (χ1v) is 9.88. The van der Waals surface area contributed by atoms with Gasteiger partial charge in [0.25, 0.3) is 5.91 Å². The average molecular weight is 394 g/mol. The molecule has 2 fully saturated rings. The summed E-state index contributed by atoms with van der Waals surface area (Å²) in [6, 6.07) is 7.46. The molecule has 27 heavy (non-hydrogen) atoms. The summed E-state index contributed by atoms with van der Waals surface area (Å²) in [7, 11) is 0. The molecule has 1 aliphatic carbocycles. The second-order valence-corrected chi connectivity index (χ2v) is 8.31. The predicted molar refractivity (Wildman–Crippen MR) is 111 cm³/mol. The number of para-hydroxylation sites is 1. The maximum atomic E-state index is 13.1. The van der Waals surface area contributed by atoms with Gasteiger partial charge in [0.05, 0.1) is 11.3 Å². The zero-order valence-electron chi connectivity index (χ0n) is 16.3. The lowest BCUT2D eigenvalue weighted by atomic mass is 9.85. The first-order valence-electron chi connectivity index (χ1n) is 9.88. The fraction of sp³-hybridized carbons (Fsp3) is 0.619. The maximum Gasteiger partial charge on any atom is 0.255 e. The van der Waals surface area contributed by atoms with E-state index in [0.29, 0.717) is 23.1 Å². The van der Waals surface area contributed by atoms with E-state index >= 15 is 0 Å². The summed E-state index contributed by atoms with van der Waals surface area (Å²) in [5.74, 6) is 0.957. The van der Waals surface area contributed by atoms with Gasteiger partial charge in [0.2, 0.25) is 5.91 Å². The molecular weight excluding hydrogens is 362 g/mol. The van der Waals surface area contributed by atoms with Crippen LogP contribution >= 0.6 is 12.4 Å². The van der Waals surface area contributed by atoms with Crippen LogP contribution in [0.4, 0.5) is 5.69 Å². The number of hydrogen-bond donors (Lipinski definition) is 2. The number of halogens is 1. The first-order chi connectivity index (χ1) is 12.4. The van der Waals surface area contributed by atoms with E-state index < -0.39 is 0 Å². The summed E-state index contributed by atoms with van der Waals surface area (Å²) < 4.78 is 0. The number of anilines is 1. The van der Waals surface area contributed by atoms with E-state index in [2.05, 4.69) is 19.2 Å². The Morgan fingerprint density at radius 2 is 1.74 bits per heavy atom. The molecule has 1 saturated heterocycles. The van der Waals surface area contributed by atoms with Crippen LogP contribution in [-0.2, 0) is 4.79 Å². The van der Waals surface area contributed by atoms with Crippen LogP contribution in [0.5, 0.6) is 0 Å². The third kappa shape index (κ3) is 5.45. The molecule has 3 N–H and O–H groups in total. The summed E-state index contributed by atoms with van der Waals surface area (Å²) in [5, 5.41) is 3.00. The summed E-state index contributed by atoms with van der Waals surface area (Å²) in [5.41, 5.74) is 7.22. The van der Waals surface area contributed by atoms with Crippen LogP contribution in [0.15, 0.2) is 24.3 Å². The highest BCUT2D eigenvalue weighted by Gasteiger charge is 2.29. The highest BCUT2D eigenvalue weighted by Crippen LogP contribution is 2.27. The monoisotopic (exact) mass is 393 g/mol. The smallest absolute Gasteiger partial charge is 0.255 e. The van der Waals surface area contributed by atoms with Gasteiger partial charge in [0.15, 0.2) is 0 Å². The van der Waals surface area contributed by atoms with Crippen LogP contribution in [0.1, 0.15) is 56.3 Å². The number of carbonyl (C=O) groups is 2.